The summed E-state index contributed by atoms with van der Waals surface area (Å²) in [6.07, 6.45) is 3.36. The van der Waals surface area contributed by atoms with Gasteiger partial charge in [0.15, 0.2) is 0 Å². The normalized spacial score (nSPS) is 10.9. The maximum Gasteiger partial charge on any atom is 0.320 e. The lowest BCUT2D eigenvalue weighted by molar-refractivity contribution is 0.252. The number of hydrogen-bond donors (Lipinski definition) is 4. The first-order chi connectivity index (χ1) is 11.2. The molecule has 122 valence electrons. The highest BCUT2D eigenvalue weighted by atomic mass is 16.5. The van der Waals surface area contributed by atoms with Crippen molar-refractivity contribution in [1.29, 1.82) is 5.41 Å². The molecule has 9 heteroatoms. The fourth-order valence-corrected chi connectivity index (χ4v) is 2.02. The molecule has 0 fully saturated rings. The molecular formula is C14H19N7O2. The van der Waals surface area contributed by atoms with Crippen molar-refractivity contribution in [2.24, 2.45) is 4.99 Å². The maximum atomic E-state index is 11.7. The average Bonchev–Trinajstić information content (AvgIpc) is 2.94. The largest absolute Gasteiger partial charge is 0.479 e. The van der Waals surface area contributed by atoms with Gasteiger partial charge in [0.1, 0.15) is 5.82 Å². The molecule has 2 rings (SSSR count). The fraction of sp³-hybridized carbons (Fsp3) is 0.357. The van der Waals surface area contributed by atoms with E-state index in [9.17, 15) is 4.79 Å². The Hall–Kier alpha value is -2.97. The number of amides is 2. The highest BCUT2D eigenvalue weighted by molar-refractivity contribution is 5.93. The Bertz CT molecular complexity index is 723. The first-order valence-corrected chi connectivity index (χ1v) is 7.13. The van der Waals surface area contributed by atoms with Crippen LogP contribution < -0.4 is 15.4 Å². The number of H-pyrrole nitrogens is 1. The molecule has 2 aromatic heterocycles. The van der Waals surface area contributed by atoms with Gasteiger partial charge in [-0.2, -0.15) is 0 Å². The van der Waals surface area contributed by atoms with E-state index in [0.717, 1.165) is 5.39 Å². The second-order valence-corrected chi connectivity index (χ2v) is 4.56. The van der Waals surface area contributed by atoms with Gasteiger partial charge in [-0.15, -0.1) is 5.10 Å². The molecule has 4 N–H and O–H groups in total. The van der Waals surface area contributed by atoms with Crippen LogP contribution in [0.15, 0.2) is 11.1 Å². The molecule has 0 radical (unpaired) electrons. The highest BCUT2D eigenvalue weighted by Crippen LogP contribution is 2.27. The fourth-order valence-electron chi connectivity index (χ4n) is 2.02. The first kappa shape index (κ1) is 16.4. The van der Waals surface area contributed by atoms with Crippen molar-refractivity contribution in [2.45, 2.75) is 19.9 Å². The average molecular weight is 317 g/mol. The summed E-state index contributed by atoms with van der Waals surface area (Å²) >= 11 is 0. The maximum absolute atomic E-state index is 11.7. The summed E-state index contributed by atoms with van der Waals surface area (Å²) in [4.78, 5) is 20.3. The Labute approximate surface area is 133 Å². The molecule has 9 nitrogen and oxygen atoms in total. The lowest BCUT2D eigenvalue weighted by Crippen LogP contribution is -2.28. The number of aliphatic imine (C=N–C) groups is 1. The first-order valence-electron chi connectivity index (χ1n) is 7.13. The monoisotopic (exact) mass is 317 g/mol. The topological polar surface area (TPSA) is 128 Å². The number of carbonyl (C=O) groups excluding carboxylic acids is 1. The highest BCUT2D eigenvalue weighted by Gasteiger charge is 2.15. The van der Waals surface area contributed by atoms with E-state index in [1.165, 1.54) is 13.3 Å². The number of nitrogens with zero attached hydrogens (tertiary/aromatic N) is 3. The molecule has 2 amide bonds. The number of ether oxygens (including phenoxy) is 1. The van der Waals surface area contributed by atoms with E-state index in [4.69, 9.17) is 10.1 Å². The predicted octanol–water partition coefficient (Wildman–Crippen LogP) is 1.72. The van der Waals surface area contributed by atoms with Crippen molar-refractivity contribution in [1.82, 2.24) is 20.5 Å². The minimum Gasteiger partial charge on any atom is -0.479 e. The minimum atomic E-state index is -0.330. The predicted molar refractivity (Wildman–Crippen MR) is 88.7 cm³/mol. The molecule has 0 aliphatic rings. The summed E-state index contributed by atoms with van der Waals surface area (Å²) in [6.45, 7) is 2.65. The minimum absolute atomic E-state index is 0.297. The third-order valence-electron chi connectivity index (χ3n) is 2.95. The number of nitrogens with one attached hydrogen (secondary N) is 4. The zero-order valence-corrected chi connectivity index (χ0v) is 13.0. The zero-order valence-electron chi connectivity index (χ0n) is 13.0. The summed E-state index contributed by atoms with van der Waals surface area (Å²) in [5, 5.41) is 19.9. The summed E-state index contributed by atoms with van der Waals surface area (Å²) in [7, 11) is 1.53. The van der Waals surface area contributed by atoms with Gasteiger partial charge in [-0.25, -0.2) is 9.78 Å². The molecular weight excluding hydrogens is 298 g/mol. The van der Waals surface area contributed by atoms with Crippen LogP contribution >= 0.6 is 0 Å². The van der Waals surface area contributed by atoms with Crippen LogP contribution in [0.5, 0.6) is 5.88 Å². The molecule has 23 heavy (non-hydrogen) atoms. The van der Waals surface area contributed by atoms with Crippen molar-refractivity contribution < 1.29 is 9.53 Å². The number of pyridine rings is 1. The number of carbonyl (C=O) groups is 1. The summed E-state index contributed by atoms with van der Waals surface area (Å²) in [6, 6.07) is 1.36. The lowest BCUT2D eigenvalue weighted by Gasteiger charge is -2.08. The second kappa shape index (κ2) is 7.87. The smallest absolute Gasteiger partial charge is 0.320 e. The van der Waals surface area contributed by atoms with Crippen molar-refractivity contribution in [2.75, 3.05) is 19.0 Å². The van der Waals surface area contributed by atoms with E-state index in [1.807, 2.05) is 6.92 Å². The van der Waals surface area contributed by atoms with Crippen molar-refractivity contribution in [3.63, 3.8) is 0 Å². The molecule has 0 spiro atoms. The Morgan fingerprint density at radius 3 is 3.09 bits per heavy atom. The molecule has 0 atom stereocenters. The number of urea groups is 1. The molecule has 0 bridgehead atoms. The number of aromatic nitrogens is 3. The number of methoxy groups -OCH3 is 1. The summed E-state index contributed by atoms with van der Waals surface area (Å²) in [5.74, 6) is 0.821. The Kier molecular flexibility index (Phi) is 5.61. The van der Waals surface area contributed by atoms with E-state index in [1.54, 1.807) is 12.3 Å². The van der Waals surface area contributed by atoms with Crippen LogP contribution in [0.1, 0.15) is 19.0 Å². The van der Waals surface area contributed by atoms with Gasteiger partial charge >= 0.3 is 6.03 Å². The SMILES string of the molecule is CCNC(=O)Nc1cc2[nH]nc(OC)c2c(CN=CCC=N)n1. The van der Waals surface area contributed by atoms with Crippen LogP contribution in [-0.4, -0.2) is 47.3 Å². The Morgan fingerprint density at radius 2 is 2.39 bits per heavy atom. The number of aromatic amines is 1. The van der Waals surface area contributed by atoms with Gasteiger partial charge in [0.05, 0.1) is 30.3 Å². The van der Waals surface area contributed by atoms with Gasteiger partial charge in [0.2, 0.25) is 5.88 Å². The van der Waals surface area contributed by atoms with Crippen LogP contribution in [0.2, 0.25) is 0 Å². The zero-order chi connectivity index (χ0) is 16.7. The van der Waals surface area contributed by atoms with Crippen LogP contribution in [-0.2, 0) is 6.54 Å². The van der Waals surface area contributed by atoms with Gasteiger partial charge in [0, 0.05) is 31.5 Å². The molecule has 2 heterocycles. The van der Waals surface area contributed by atoms with Crippen LogP contribution in [0.3, 0.4) is 0 Å². The van der Waals surface area contributed by atoms with Crippen molar-refractivity contribution in [3.8, 4) is 5.88 Å². The third kappa shape index (κ3) is 4.02. The number of fused-ring (bicyclic) bond motifs is 1. The quantitative estimate of drug-likeness (QED) is 0.579. The third-order valence-corrected chi connectivity index (χ3v) is 2.95. The van der Waals surface area contributed by atoms with E-state index in [0.29, 0.717) is 42.4 Å². The van der Waals surface area contributed by atoms with Gasteiger partial charge in [-0.1, -0.05) is 0 Å². The number of anilines is 1. The van der Waals surface area contributed by atoms with Crippen molar-refractivity contribution >= 4 is 35.2 Å². The van der Waals surface area contributed by atoms with E-state index < -0.39 is 0 Å². The van der Waals surface area contributed by atoms with E-state index in [-0.39, 0.29) is 6.03 Å². The standard InChI is InChI=1S/C14H19N7O2/c1-3-17-14(22)19-11-7-9-12(13(23-2)21-20-9)10(18-11)8-16-6-4-5-15/h5-7,15H,3-4,8H2,1-2H3,(H,20,21)(H2,17,18,19,22). The molecule has 0 saturated carbocycles. The Morgan fingerprint density at radius 1 is 1.57 bits per heavy atom. The van der Waals surface area contributed by atoms with Gasteiger partial charge < -0.3 is 15.5 Å². The number of hydrogen-bond acceptors (Lipinski definition) is 6. The van der Waals surface area contributed by atoms with Crippen LogP contribution in [0.25, 0.3) is 10.9 Å². The molecule has 2 aromatic rings. The van der Waals surface area contributed by atoms with Crippen molar-refractivity contribution in [3.05, 3.63) is 11.8 Å². The molecule has 0 aromatic carbocycles. The van der Waals surface area contributed by atoms with Gasteiger partial charge in [-0.05, 0) is 6.92 Å². The van der Waals surface area contributed by atoms with Crippen LogP contribution in [0.4, 0.5) is 10.6 Å². The molecule has 0 unspecified atom stereocenters. The second-order valence-electron chi connectivity index (χ2n) is 4.56. The molecule has 0 aliphatic carbocycles. The van der Waals surface area contributed by atoms with E-state index in [2.05, 4.69) is 30.8 Å². The van der Waals surface area contributed by atoms with Crippen LogP contribution in [0, 0.1) is 5.41 Å². The number of rotatable bonds is 7. The van der Waals surface area contributed by atoms with Gasteiger partial charge in [-0.3, -0.25) is 15.4 Å². The summed E-state index contributed by atoms with van der Waals surface area (Å²) in [5.41, 5.74) is 1.32. The Balaban J connectivity index is 2.36. The molecule has 0 aliphatic heterocycles. The van der Waals surface area contributed by atoms with E-state index >= 15 is 0 Å². The molecule has 0 saturated heterocycles. The van der Waals surface area contributed by atoms with Gasteiger partial charge in [0.25, 0.3) is 0 Å². The summed E-state index contributed by atoms with van der Waals surface area (Å²) < 4.78 is 5.23. The lowest BCUT2D eigenvalue weighted by atomic mass is 10.2.